The van der Waals surface area contributed by atoms with E-state index in [1.165, 1.54) is 6.92 Å². The van der Waals surface area contributed by atoms with Gasteiger partial charge in [0.25, 0.3) is 5.91 Å². The number of carbonyl (C=O) groups excluding carboxylic acids is 1. The highest BCUT2D eigenvalue weighted by Gasteiger charge is 2.25. The van der Waals surface area contributed by atoms with Gasteiger partial charge in [0.15, 0.2) is 11.3 Å². The lowest BCUT2D eigenvalue weighted by Gasteiger charge is -2.12. The summed E-state index contributed by atoms with van der Waals surface area (Å²) in [6.07, 6.45) is 0.595. The predicted molar refractivity (Wildman–Crippen MR) is 111 cm³/mol. The molecule has 3 rings (SSSR count). The number of aliphatic imine (C=N–C) groups is 1. The smallest absolute Gasteiger partial charge is 0.344 e. The number of thioether (sulfide) groups is 1. The van der Waals surface area contributed by atoms with E-state index in [9.17, 15) is 9.59 Å². The molecule has 2 aromatic rings. The second-order valence-corrected chi connectivity index (χ2v) is 7.51. The fourth-order valence-electron chi connectivity index (χ4n) is 2.26. The van der Waals surface area contributed by atoms with E-state index in [0.717, 1.165) is 11.8 Å². The third-order valence-electron chi connectivity index (χ3n) is 3.66. The fourth-order valence-corrected chi connectivity index (χ4v) is 3.42. The van der Waals surface area contributed by atoms with Gasteiger partial charge in [-0.3, -0.25) is 4.79 Å². The Morgan fingerprint density at radius 3 is 2.75 bits per heavy atom. The number of carboxylic acids is 1. The first-order valence-electron chi connectivity index (χ1n) is 8.07. The molecule has 1 saturated heterocycles. The number of ether oxygens (including phenoxy) is 1. The van der Waals surface area contributed by atoms with E-state index < -0.39 is 12.1 Å². The van der Waals surface area contributed by atoms with Gasteiger partial charge in [0, 0.05) is 5.56 Å². The van der Waals surface area contributed by atoms with Gasteiger partial charge in [-0.25, -0.2) is 9.79 Å². The van der Waals surface area contributed by atoms with Crippen molar-refractivity contribution in [1.82, 2.24) is 5.32 Å². The van der Waals surface area contributed by atoms with E-state index in [4.69, 9.17) is 33.0 Å². The molecule has 1 aliphatic rings. The molecule has 0 aliphatic carbocycles. The summed E-state index contributed by atoms with van der Waals surface area (Å²) in [4.78, 5) is 28.1. The topological polar surface area (TPSA) is 88.0 Å². The third kappa shape index (κ3) is 4.67. The van der Waals surface area contributed by atoms with Crippen LogP contribution in [0.25, 0.3) is 6.08 Å². The number of hydrogen-bond donors (Lipinski definition) is 2. The maximum absolute atomic E-state index is 12.3. The third-order valence-corrected chi connectivity index (χ3v) is 5.38. The average Bonchev–Trinajstić information content (AvgIpc) is 2.99. The number of hydrogen-bond acceptors (Lipinski definition) is 5. The lowest BCUT2D eigenvalue weighted by atomic mass is 10.2. The molecule has 144 valence electrons. The highest BCUT2D eigenvalue weighted by molar-refractivity contribution is 8.18. The van der Waals surface area contributed by atoms with Crippen LogP contribution in [-0.2, 0) is 9.59 Å². The van der Waals surface area contributed by atoms with E-state index >= 15 is 0 Å². The summed E-state index contributed by atoms with van der Waals surface area (Å²) in [7, 11) is 0. The van der Waals surface area contributed by atoms with Crippen molar-refractivity contribution >= 4 is 63.8 Å². The molecule has 0 bridgehead atoms. The first-order chi connectivity index (χ1) is 13.3. The summed E-state index contributed by atoms with van der Waals surface area (Å²) in [5.41, 5.74) is 1.02. The van der Waals surface area contributed by atoms with Crippen molar-refractivity contribution in [2.24, 2.45) is 4.99 Å². The molecule has 0 spiro atoms. The van der Waals surface area contributed by atoms with Crippen LogP contribution in [0.3, 0.4) is 0 Å². The molecule has 9 heteroatoms. The molecule has 1 unspecified atom stereocenters. The molecular formula is C19H14Cl2N2O4S. The van der Waals surface area contributed by atoms with Gasteiger partial charge in [0.05, 0.1) is 20.6 Å². The number of rotatable bonds is 5. The second kappa shape index (κ2) is 8.68. The summed E-state index contributed by atoms with van der Waals surface area (Å²) >= 11 is 13.2. The van der Waals surface area contributed by atoms with Crippen LogP contribution < -0.4 is 10.1 Å². The molecule has 0 aromatic heterocycles. The molecule has 0 saturated carbocycles. The molecule has 1 atom stereocenters. The van der Waals surface area contributed by atoms with Gasteiger partial charge in [0.2, 0.25) is 0 Å². The summed E-state index contributed by atoms with van der Waals surface area (Å²) in [5, 5.41) is 12.7. The fraction of sp³-hybridized carbons (Fsp3) is 0.105. The van der Waals surface area contributed by atoms with Crippen LogP contribution in [0.15, 0.2) is 52.4 Å². The Morgan fingerprint density at radius 2 is 2.00 bits per heavy atom. The van der Waals surface area contributed by atoms with Gasteiger partial charge < -0.3 is 15.2 Å². The van der Waals surface area contributed by atoms with Crippen LogP contribution in [0.1, 0.15) is 12.5 Å². The van der Waals surface area contributed by atoms with Crippen molar-refractivity contribution in [3.8, 4) is 5.75 Å². The Hall–Kier alpha value is -2.48. The molecule has 1 aliphatic heterocycles. The van der Waals surface area contributed by atoms with Crippen molar-refractivity contribution in [1.29, 1.82) is 0 Å². The van der Waals surface area contributed by atoms with Crippen molar-refractivity contribution in [3.63, 3.8) is 0 Å². The summed E-state index contributed by atoms with van der Waals surface area (Å²) in [6, 6.07) is 11.9. The minimum atomic E-state index is -1.08. The molecule has 1 heterocycles. The number of benzene rings is 2. The van der Waals surface area contributed by atoms with Crippen molar-refractivity contribution in [2.45, 2.75) is 13.0 Å². The second-order valence-electron chi connectivity index (χ2n) is 5.69. The first kappa shape index (κ1) is 20.3. The summed E-state index contributed by atoms with van der Waals surface area (Å²) < 4.78 is 5.46. The lowest BCUT2D eigenvalue weighted by molar-refractivity contribution is -0.144. The zero-order valence-electron chi connectivity index (χ0n) is 14.5. The Balaban J connectivity index is 1.87. The maximum Gasteiger partial charge on any atom is 0.344 e. The van der Waals surface area contributed by atoms with Gasteiger partial charge >= 0.3 is 5.97 Å². The largest absolute Gasteiger partial charge is 0.479 e. The normalized spacial score (nSPS) is 17.6. The number of para-hydroxylation sites is 1. The number of nitrogens with zero attached hydrogens (tertiary/aromatic N) is 1. The standard InChI is InChI=1S/C19H14Cl2N2O4S/c1-10(18(25)26)27-14-8-3-2-5-11(14)9-15-17(24)23-19(28-15)22-13-7-4-6-12(20)16(13)21/h2-10H,1H3,(H,25,26)(H,22,23,24)/b15-9+. The number of halogens is 2. The monoisotopic (exact) mass is 436 g/mol. The van der Waals surface area contributed by atoms with Gasteiger partial charge in [-0.15, -0.1) is 0 Å². The van der Waals surface area contributed by atoms with Gasteiger partial charge in [0.1, 0.15) is 5.75 Å². The van der Waals surface area contributed by atoms with Gasteiger partial charge in [-0.1, -0.05) is 47.5 Å². The number of carbonyl (C=O) groups is 2. The molecule has 28 heavy (non-hydrogen) atoms. The number of amides is 1. The first-order valence-corrected chi connectivity index (χ1v) is 9.64. The highest BCUT2D eigenvalue weighted by atomic mass is 35.5. The maximum atomic E-state index is 12.3. The molecule has 2 aromatic carbocycles. The van der Waals surface area contributed by atoms with E-state index in [1.807, 2.05) is 0 Å². The Bertz CT molecular complexity index is 1010. The average molecular weight is 437 g/mol. The van der Waals surface area contributed by atoms with Crippen LogP contribution in [-0.4, -0.2) is 28.3 Å². The number of nitrogens with one attached hydrogen (secondary N) is 1. The molecule has 2 N–H and O–H groups in total. The number of aliphatic carboxylic acids is 1. The molecule has 1 amide bonds. The van der Waals surface area contributed by atoms with Crippen molar-refractivity contribution in [3.05, 3.63) is 63.0 Å². The summed E-state index contributed by atoms with van der Waals surface area (Å²) in [6.45, 7) is 1.43. The number of carboxylic acid groups (broad SMARTS) is 1. The van der Waals surface area contributed by atoms with Crippen LogP contribution in [0.5, 0.6) is 5.75 Å². The van der Waals surface area contributed by atoms with Gasteiger partial charge in [-0.05, 0) is 43.0 Å². The molecule has 0 radical (unpaired) electrons. The van der Waals surface area contributed by atoms with Crippen LogP contribution in [0.4, 0.5) is 5.69 Å². The molecular weight excluding hydrogens is 423 g/mol. The Morgan fingerprint density at radius 1 is 1.25 bits per heavy atom. The molecule has 1 fully saturated rings. The van der Waals surface area contributed by atoms with E-state index in [0.29, 0.717) is 37.1 Å². The minimum Gasteiger partial charge on any atom is -0.479 e. The van der Waals surface area contributed by atoms with Crippen LogP contribution in [0.2, 0.25) is 10.0 Å². The Labute approximate surface area is 175 Å². The Kier molecular flexibility index (Phi) is 6.28. The van der Waals surface area contributed by atoms with E-state index in [2.05, 4.69) is 10.3 Å². The minimum absolute atomic E-state index is 0.297. The quantitative estimate of drug-likeness (QED) is 0.660. The zero-order valence-corrected chi connectivity index (χ0v) is 16.8. The van der Waals surface area contributed by atoms with E-state index in [1.54, 1.807) is 48.5 Å². The zero-order chi connectivity index (χ0) is 20.3. The number of amidine groups is 1. The van der Waals surface area contributed by atoms with Crippen LogP contribution in [0, 0.1) is 0 Å². The SMILES string of the molecule is CC(Oc1ccccc1/C=C1/SC(=Nc2cccc(Cl)c2Cl)NC1=O)C(=O)O. The van der Waals surface area contributed by atoms with Crippen molar-refractivity contribution in [2.75, 3.05) is 0 Å². The van der Waals surface area contributed by atoms with Crippen molar-refractivity contribution < 1.29 is 19.4 Å². The highest BCUT2D eigenvalue weighted by Crippen LogP contribution is 2.35. The van der Waals surface area contributed by atoms with E-state index in [-0.39, 0.29) is 5.91 Å². The lowest BCUT2D eigenvalue weighted by Crippen LogP contribution is -2.23. The molecule has 6 nitrogen and oxygen atoms in total. The van der Waals surface area contributed by atoms with Gasteiger partial charge in [-0.2, -0.15) is 0 Å². The summed E-state index contributed by atoms with van der Waals surface area (Å²) in [5.74, 6) is -1.05. The predicted octanol–water partition coefficient (Wildman–Crippen LogP) is 4.74. The van der Waals surface area contributed by atoms with Crippen LogP contribution >= 0.6 is 35.0 Å².